The maximum absolute atomic E-state index is 6.35. The molecule has 2 rings (SSSR count). The molecule has 0 fully saturated rings. The Kier molecular flexibility index (Phi) is 21.7. The summed E-state index contributed by atoms with van der Waals surface area (Å²) in [6.45, 7) is 21.5. The Balaban J connectivity index is 0. The molecule has 3 nitrogen and oxygen atoms in total. The average Bonchev–Trinajstić information content (AvgIpc) is 2.84. The lowest BCUT2D eigenvalue weighted by Crippen LogP contribution is -2.26. The van der Waals surface area contributed by atoms with Crippen molar-refractivity contribution in [3.8, 4) is 16.9 Å². The van der Waals surface area contributed by atoms with Crippen LogP contribution in [-0.4, -0.2) is 32.9 Å². The van der Waals surface area contributed by atoms with E-state index in [1.54, 1.807) is 6.08 Å². The van der Waals surface area contributed by atoms with Crippen LogP contribution in [0.15, 0.2) is 72.8 Å². The van der Waals surface area contributed by atoms with Crippen LogP contribution in [0.1, 0.15) is 54.0 Å². The highest BCUT2D eigenvalue weighted by Gasteiger charge is 2.15. The molecule has 0 heterocycles. The van der Waals surface area contributed by atoms with Crippen LogP contribution in [0, 0.1) is 6.92 Å². The summed E-state index contributed by atoms with van der Waals surface area (Å²) >= 11 is 0. The Bertz CT molecular complexity index is 720. The van der Waals surface area contributed by atoms with Crippen LogP contribution in [0.2, 0.25) is 0 Å². The van der Waals surface area contributed by atoms with Crippen LogP contribution in [0.5, 0.6) is 5.75 Å². The molecule has 32 heavy (non-hydrogen) atoms. The van der Waals surface area contributed by atoms with Crippen molar-refractivity contribution in [1.29, 1.82) is 0 Å². The summed E-state index contributed by atoms with van der Waals surface area (Å²) < 4.78 is 12.1. The van der Waals surface area contributed by atoms with Gasteiger partial charge in [0.05, 0.1) is 13.2 Å². The average molecular weight is 442 g/mol. The zero-order chi connectivity index (χ0) is 24.8. The van der Waals surface area contributed by atoms with Crippen LogP contribution >= 0.6 is 0 Å². The third-order valence-electron chi connectivity index (χ3n) is 4.25. The van der Waals surface area contributed by atoms with Gasteiger partial charge < -0.3 is 14.8 Å². The molecule has 0 aliphatic rings. The Hall–Kier alpha value is -2.36. The van der Waals surface area contributed by atoms with Crippen LogP contribution in [-0.2, 0) is 4.74 Å². The van der Waals surface area contributed by atoms with Crippen molar-refractivity contribution in [2.45, 2.75) is 61.5 Å². The normalized spacial score (nSPS) is 10.8. The minimum Gasteiger partial charge on any atom is -0.483 e. The predicted molar refractivity (Wildman–Crippen MR) is 144 cm³/mol. The molecule has 1 atom stereocenters. The predicted octanol–water partition coefficient (Wildman–Crippen LogP) is 7.86. The van der Waals surface area contributed by atoms with Gasteiger partial charge in [0.15, 0.2) is 0 Å². The molecule has 0 aliphatic carbocycles. The largest absolute Gasteiger partial charge is 0.483 e. The molecule has 0 radical (unpaired) electrons. The molecule has 0 bridgehead atoms. The molecule has 0 aromatic heterocycles. The van der Waals surface area contributed by atoms with Gasteiger partial charge in [-0.15, -0.1) is 6.58 Å². The summed E-state index contributed by atoms with van der Waals surface area (Å²) in [6, 6.07) is 16.7. The zero-order valence-corrected chi connectivity index (χ0v) is 22.0. The number of para-hydroxylation sites is 1. The second-order valence-electron chi connectivity index (χ2n) is 6.59. The van der Waals surface area contributed by atoms with Gasteiger partial charge in [0.2, 0.25) is 0 Å². The van der Waals surface area contributed by atoms with Crippen molar-refractivity contribution in [3.63, 3.8) is 0 Å². The molecule has 3 heteroatoms. The smallest absolute Gasteiger partial charge is 0.143 e. The second kappa shape index (κ2) is 21.9. The molecular weight excluding hydrogens is 394 g/mol. The van der Waals surface area contributed by atoms with Crippen LogP contribution in [0.3, 0.4) is 0 Å². The molecule has 0 unspecified atom stereocenters. The highest BCUT2D eigenvalue weighted by molar-refractivity contribution is 5.70. The van der Waals surface area contributed by atoms with E-state index in [2.05, 4.69) is 62.2 Å². The quantitative estimate of drug-likeness (QED) is 0.317. The SMILES string of the molecule is C/C=C(\C)[C@@H](COCCNC)Oc1ccccc1-c1ccc(C)cc1.C=CC.CC.CC. The third-order valence-corrected chi connectivity index (χ3v) is 4.25. The lowest BCUT2D eigenvalue weighted by molar-refractivity contribution is 0.0683. The lowest BCUT2D eigenvalue weighted by atomic mass is 10.0. The summed E-state index contributed by atoms with van der Waals surface area (Å²) in [5.41, 5.74) is 4.69. The molecule has 180 valence electrons. The Labute approximate surface area is 198 Å². The van der Waals surface area contributed by atoms with Crippen LogP contribution in [0.4, 0.5) is 0 Å². The van der Waals surface area contributed by atoms with Gasteiger partial charge >= 0.3 is 0 Å². The van der Waals surface area contributed by atoms with Gasteiger partial charge in [0.25, 0.3) is 0 Å². The molecule has 0 spiro atoms. The molecule has 0 saturated heterocycles. The van der Waals surface area contributed by atoms with Crippen molar-refractivity contribution >= 4 is 0 Å². The van der Waals surface area contributed by atoms with E-state index >= 15 is 0 Å². The molecule has 0 amide bonds. The van der Waals surface area contributed by atoms with E-state index in [9.17, 15) is 0 Å². The van der Waals surface area contributed by atoms with Crippen molar-refractivity contribution in [2.24, 2.45) is 0 Å². The summed E-state index contributed by atoms with van der Waals surface area (Å²) in [5.74, 6) is 0.884. The Morgan fingerprint density at radius 1 is 1.00 bits per heavy atom. The first-order chi connectivity index (χ1) is 15.6. The molecule has 1 N–H and O–H groups in total. The highest BCUT2D eigenvalue weighted by atomic mass is 16.5. The van der Waals surface area contributed by atoms with Gasteiger partial charge in [-0.1, -0.05) is 87.9 Å². The maximum Gasteiger partial charge on any atom is 0.143 e. The van der Waals surface area contributed by atoms with Gasteiger partial charge in [0.1, 0.15) is 11.9 Å². The Morgan fingerprint density at radius 3 is 2.09 bits per heavy atom. The third kappa shape index (κ3) is 13.1. The minimum atomic E-state index is -0.0894. The number of ether oxygens (including phenoxy) is 2. The first kappa shape index (κ1) is 31.8. The lowest BCUT2D eigenvalue weighted by Gasteiger charge is -2.22. The Morgan fingerprint density at radius 2 is 1.56 bits per heavy atom. The fourth-order valence-corrected chi connectivity index (χ4v) is 2.50. The van der Waals surface area contributed by atoms with E-state index < -0.39 is 0 Å². The number of benzene rings is 2. The van der Waals surface area contributed by atoms with E-state index in [1.807, 2.05) is 66.8 Å². The standard InChI is InChI=1S/C22H29NO2.C3H6.2C2H6/c1-5-18(3)22(16-24-15-14-23-4)25-21-9-7-6-8-20(21)19-12-10-17(2)11-13-19;1-3-2;2*1-2/h5-13,22-23H,14-16H2,1-4H3;3H,1H2,2H3;2*1-2H3/b18-5+;;;/t22-;;;/m1.../s1. The van der Waals surface area contributed by atoms with E-state index in [0.29, 0.717) is 13.2 Å². The number of nitrogens with one attached hydrogen (secondary N) is 1. The summed E-state index contributed by atoms with van der Waals surface area (Å²) in [7, 11) is 1.92. The fraction of sp³-hybridized carbons (Fsp3) is 0.448. The monoisotopic (exact) mass is 441 g/mol. The second-order valence-corrected chi connectivity index (χ2v) is 6.59. The summed E-state index contributed by atoms with van der Waals surface area (Å²) in [6.07, 6.45) is 3.74. The van der Waals surface area contributed by atoms with E-state index in [0.717, 1.165) is 23.4 Å². The molecular formula is C29H47NO2. The molecule has 0 saturated carbocycles. The van der Waals surface area contributed by atoms with Gasteiger partial charge in [-0.2, -0.15) is 0 Å². The maximum atomic E-state index is 6.35. The number of rotatable bonds is 9. The summed E-state index contributed by atoms with van der Waals surface area (Å²) in [4.78, 5) is 0. The number of allylic oxidation sites excluding steroid dienone is 2. The number of hydrogen-bond donors (Lipinski definition) is 1. The number of likely N-dealkylation sites (N-methyl/N-ethyl adjacent to an activating group) is 1. The number of hydrogen-bond acceptors (Lipinski definition) is 3. The highest BCUT2D eigenvalue weighted by Crippen LogP contribution is 2.31. The molecule has 0 aliphatic heterocycles. The minimum absolute atomic E-state index is 0.0894. The first-order valence-electron chi connectivity index (χ1n) is 11.8. The van der Waals surface area contributed by atoms with Gasteiger partial charge in [-0.3, -0.25) is 0 Å². The molecule has 2 aromatic rings. The van der Waals surface area contributed by atoms with Crippen molar-refractivity contribution in [1.82, 2.24) is 5.32 Å². The van der Waals surface area contributed by atoms with Gasteiger partial charge in [-0.25, -0.2) is 0 Å². The summed E-state index contributed by atoms with van der Waals surface area (Å²) in [5, 5.41) is 3.09. The van der Waals surface area contributed by atoms with E-state index in [-0.39, 0.29) is 6.10 Å². The van der Waals surface area contributed by atoms with Crippen LogP contribution < -0.4 is 10.1 Å². The first-order valence-corrected chi connectivity index (χ1v) is 11.8. The van der Waals surface area contributed by atoms with Gasteiger partial charge in [0, 0.05) is 12.1 Å². The van der Waals surface area contributed by atoms with Crippen molar-refractivity contribution in [2.75, 3.05) is 26.8 Å². The van der Waals surface area contributed by atoms with E-state index in [4.69, 9.17) is 9.47 Å². The number of aryl methyl sites for hydroxylation is 1. The van der Waals surface area contributed by atoms with Crippen LogP contribution in [0.25, 0.3) is 11.1 Å². The fourth-order valence-electron chi connectivity index (χ4n) is 2.50. The topological polar surface area (TPSA) is 30.5 Å². The van der Waals surface area contributed by atoms with Crippen molar-refractivity contribution < 1.29 is 9.47 Å². The zero-order valence-electron chi connectivity index (χ0n) is 22.0. The molecule has 2 aromatic carbocycles. The van der Waals surface area contributed by atoms with E-state index in [1.165, 1.54) is 11.1 Å². The van der Waals surface area contributed by atoms with Crippen molar-refractivity contribution in [3.05, 3.63) is 78.4 Å². The van der Waals surface area contributed by atoms with Gasteiger partial charge in [-0.05, 0) is 51.9 Å².